The fourth-order valence-corrected chi connectivity index (χ4v) is 4.49. The summed E-state index contributed by atoms with van der Waals surface area (Å²) in [7, 11) is 1.56. The molecule has 0 bridgehead atoms. The maximum Gasteiger partial charge on any atom is 0.416 e. The standard InChI is InChI=1S/C27H25F3N4O3/c1-17-16-33(12-13-34(17)26(35)31-19-6-5-7-20(15-19)36-2)25-21-8-3-4-9-23(21)37-24-14-18(27(28,29)30)10-11-22(24)32-25/h3-11,14-15,17H,12-13,16H2,1-2H3,(H,31,35)/t17-/m0/s1. The molecule has 5 rings (SSSR count). The van der Waals surface area contributed by atoms with E-state index < -0.39 is 11.7 Å². The number of aliphatic imine (C=N–C) groups is 1. The minimum Gasteiger partial charge on any atom is -0.497 e. The Morgan fingerprint density at radius 3 is 2.62 bits per heavy atom. The maximum absolute atomic E-state index is 13.3. The number of fused-ring (bicyclic) bond motifs is 2. The summed E-state index contributed by atoms with van der Waals surface area (Å²) < 4.78 is 51.0. The lowest BCUT2D eigenvalue weighted by Crippen LogP contribution is -2.56. The van der Waals surface area contributed by atoms with Gasteiger partial charge >= 0.3 is 12.2 Å². The molecule has 2 aliphatic heterocycles. The van der Waals surface area contributed by atoms with Gasteiger partial charge in [0.2, 0.25) is 0 Å². The number of halogens is 3. The van der Waals surface area contributed by atoms with Crippen LogP contribution in [0.15, 0.2) is 71.7 Å². The van der Waals surface area contributed by atoms with E-state index in [0.717, 1.165) is 12.1 Å². The van der Waals surface area contributed by atoms with E-state index in [4.69, 9.17) is 14.5 Å². The van der Waals surface area contributed by atoms with Crippen molar-refractivity contribution >= 4 is 23.2 Å². The van der Waals surface area contributed by atoms with Crippen LogP contribution in [0.25, 0.3) is 0 Å². The van der Waals surface area contributed by atoms with Crippen molar-refractivity contribution in [2.24, 2.45) is 4.99 Å². The van der Waals surface area contributed by atoms with Crippen molar-refractivity contribution in [3.63, 3.8) is 0 Å². The van der Waals surface area contributed by atoms with Gasteiger partial charge in [-0.3, -0.25) is 0 Å². The molecule has 192 valence electrons. The average molecular weight is 511 g/mol. The smallest absolute Gasteiger partial charge is 0.416 e. The molecule has 3 aromatic carbocycles. The number of alkyl halides is 3. The number of para-hydroxylation sites is 1. The number of amides is 2. The Bertz CT molecular complexity index is 1360. The third-order valence-electron chi connectivity index (χ3n) is 6.37. The topological polar surface area (TPSA) is 66.4 Å². The van der Waals surface area contributed by atoms with Crippen LogP contribution in [0, 0.1) is 0 Å². The number of anilines is 1. The molecule has 0 aromatic heterocycles. The fraction of sp³-hybridized carbons (Fsp3) is 0.259. The van der Waals surface area contributed by atoms with Crippen LogP contribution in [0.2, 0.25) is 0 Å². The summed E-state index contributed by atoms with van der Waals surface area (Å²) in [5.41, 5.74) is 0.818. The predicted octanol–water partition coefficient (Wildman–Crippen LogP) is 6.14. The number of ether oxygens (including phenoxy) is 2. The second-order valence-corrected chi connectivity index (χ2v) is 8.86. The lowest BCUT2D eigenvalue weighted by Gasteiger charge is -2.41. The highest BCUT2D eigenvalue weighted by Gasteiger charge is 2.34. The Hall–Kier alpha value is -4.21. The quantitative estimate of drug-likeness (QED) is 0.450. The molecule has 0 spiro atoms. The van der Waals surface area contributed by atoms with Crippen LogP contribution in [-0.2, 0) is 6.18 Å². The zero-order chi connectivity index (χ0) is 26.2. The molecule has 3 aromatic rings. The van der Waals surface area contributed by atoms with Gasteiger partial charge in [0.1, 0.15) is 23.0 Å². The van der Waals surface area contributed by atoms with Gasteiger partial charge < -0.3 is 24.6 Å². The van der Waals surface area contributed by atoms with Gasteiger partial charge in [-0.15, -0.1) is 0 Å². The third kappa shape index (κ3) is 5.04. The zero-order valence-corrected chi connectivity index (χ0v) is 20.2. The Labute approximate surface area is 212 Å². The molecule has 10 heteroatoms. The monoisotopic (exact) mass is 510 g/mol. The van der Waals surface area contributed by atoms with E-state index in [9.17, 15) is 18.0 Å². The van der Waals surface area contributed by atoms with Crippen molar-refractivity contribution < 1.29 is 27.4 Å². The van der Waals surface area contributed by atoms with E-state index in [0.29, 0.717) is 53.9 Å². The summed E-state index contributed by atoms with van der Waals surface area (Å²) >= 11 is 0. The van der Waals surface area contributed by atoms with Crippen LogP contribution in [-0.4, -0.2) is 54.5 Å². The van der Waals surface area contributed by atoms with Crippen molar-refractivity contribution in [1.29, 1.82) is 0 Å². The van der Waals surface area contributed by atoms with Crippen LogP contribution in [0.1, 0.15) is 18.1 Å². The van der Waals surface area contributed by atoms with E-state index in [1.54, 1.807) is 48.4 Å². The SMILES string of the molecule is COc1cccc(NC(=O)N2CCN(C3=Nc4ccc(C(F)(F)F)cc4Oc4ccccc43)C[C@@H]2C)c1. The first-order valence-electron chi connectivity index (χ1n) is 11.8. The molecule has 1 fully saturated rings. The Kier molecular flexibility index (Phi) is 6.41. The second-order valence-electron chi connectivity index (χ2n) is 8.86. The fourth-order valence-electron chi connectivity index (χ4n) is 4.49. The molecular formula is C27H25F3N4O3. The van der Waals surface area contributed by atoms with Gasteiger partial charge in [0.05, 0.1) is 18.2 Å². The molecule has 2 aliphatic rings. The van der Waals surface area contributed by atoms with Crippen molar-refractivity contribution in [2.75, 3.05) is 32.1 Å². The number of nitrogens with one attached hydrogen (secondary N) is 1. The van der Waals surface area contributed by atoms with Crippen LogP contribution >= 0.6 is 0 Å². The molecule has 0 saturated carbocycles. The highest BCUT2D eigenvalue weighted by molar-refractivity contribution is 6.04. The number of hydrogen-bond donors (Lipinski definition) is 1. The Morgan fingerprint density at radius 2 is 1.86 bits per heavy atom. The predicted molar refractivity (Wildman–Crippen MR) is 134 cm³/mol. The minimum absolute atomic E-state index is 0.0432. The summed E-state index contributed by atoms with van der Waals surface area (Å²) in [5.74, 6) is 1.70. The lowest BCUT2D eigenvalue weighted by molar-refractivity contribution is -0.137. The number of carbonyl (C=O) groups excluding carboxylic acids is 1. The number of nitrogens with zero attached hydrogens (tertiary/aromatic N) is 3. The third-order valence-corrected chi connectivity index (χ3v) is 6.37. The van der Waals surface area contributed by atoms with E-state index in [-0.39, 0.29) is 17.8 Å². The molecule has 1 atom stereocenters. The first kappa shape index (κ1) is 24.5. The summed E-state index contributed by atoms with van der Waals surface area (Å²) in [5, 5.41) is 2.91. The number of hydrogen-bond acceptors (Lipinski definition) is 5. The zero-order valence-electron chi connectivity index (χ0n) is 20.2. The highest BCUT2D eigenvalue weighted by atomic mass is 19.4. The first-order valence-corrected chi connectivity index (χ1v) is 11.8. The largest absolute Gasteiger partial charge is 0.497 e. The number of benzene rings is 3. The van der Waals surface area contributed by atoms with Crippen molar-refractivity contribution in [2.45, 2.75) is 19.1 Å². The first-order chi connectivity index (χ1) is 17.7. The number of piperazine rings is 1. The summed E-state index contributed by atoms with van der Waals surface area (Å²) in [6, 6.07) is 17.2. The number of methoxy groups -OCH3 is 1. The summed E-state index contributed by atoms with van der Waals surface area (Å²) in [6.45, 7) is 3.34. The Balaban J connectivity index is 1.39. The number of urea groups is 1. The number of amidine groups is 1. The van der Waals surface area contributed by atoms with Gasteiger partial charge in [0, 0.05) is 37.4 Å². The number of carbonyl (C=O) groups is 1. The second kappa shape index (κ2) is 9.68. The van der Waals surface area contributed by atoms with Gasteiger partial charge in [0.15, 0.2) is 5.75 Å². The minimum atomic E-state index is -4.49. The summed E-state index contributed by atoms with van der Waals surface area (Å²) in [6.07, 6.45) is -4.49. The van der Waals surface area contributed by atoms with Gasteiger partial charge in [0.25, 0.3) is 0 Å². The highest BCUT2D eigenvalue weighted by Crippen LogP contribution is 2.42. The van der Waals surface area contributed by atoms with E-state index in [2.05, 4.69) is 5.32 Å². The molecule has 0 radical (unpaired) electrons. The molecule has 0 aliphatic carbocycles. The average Bonchev–Trinajstić information content (AvgIpc) is 3.04. The molecule has 1 saturated heterocycles. The molecule has 37 heavy (non-hydrogen) atoms. The van der Waals surface area contributed by atoms with Gasteiger partial charge in [-0.05, 0) is 49.4 Å². The summed E-state index contributed by atoms with van der Waals surface area (Å²) in [4.78, 5) is 21.5. The number of rotatable bonds is 2. The molecule has 2 heterocycles. The van der Waals surface area contributed by atoms with Crippen molar-refractivity contribution in [3.05, 3.63) is 77.9 Å². The van der Waals surface area contributed by atoms with Crippen molar-refractivity contribution in [1.82, 2.24) is 9.80 Å². The van der Waals surface area contributed by atoms with Crippen molar-refractivity contribution in [3.8, 4) is 17.2 Å². The van der Waals surface area contributed by atoms with E-state index in [1.807, 2.05) is 24.0 Å². The van der Waals surface area contributed by atoms with Gasteiger partial charge in [-0.1, -0.05) is 18.2 Å². The molecule has 0 unspecified atom stereocenters. The molecular weight excluding hydrogens is 485 g/mol. The van der Waals surface area contributed by atoms with E-state index >= 15 is 0 Å². The normalized spacial score (nSPS) is 17.1. The maximum atomic E-state index is 13.3. The Morgan fingerprint density at radius 1 is 1.05 bits per heavy atom. The molecule has 1 N–H and O–H groups in total. The molecule has 7 nitrogen and oxygen atoms in total. The van der Waals surface area contributed by atoms with Crippen LogP contribution in [0.3, 0.4) is 0 Å². The van der Waals surface area contributed by atoms with Crippen LogP contribution < -0.4 is 14.8 Å². The van der Waals surface area contributed by atoms with E-state index in [1.165, 1.54) is 6.07 Å². The van der Waals surface area contributed by atoms with Gasteiger partial charge in [-0.2, -0.15) is 13.2 Å². The van der Waals surface area contributed by atoms with Crippen LogP contribution in [0.4, 0.5) is 29.3 Å². The van der Waals surface area contributed by atoms with Crippen LogP contribution in [0.5, 0.6) is 17.2 Å². The molecule has 2 amide bonds. The van der Waals surface area contributed by atoms with Gasteiger partial charge in [-0.25, -0.2) is 9.79 Å². The lowest BCUT2D eigenvalue weighted by atomic mass is 10.1.